The van der Waals surface area contributed by atoms with Crippen molar-refractivity contribution >= 4 is 23.5 Å². The number of anilines is 2. The van der Waals surface area contributed by atoms with E-state index in [-0.39, 0.29) is 24.0 Å². The molecule has 1 fully saturated rings. The molecular weight excluding hydrogens is 349 g/mol. The van der Waals surface area contributed by atoms with E-state index in [1.54, 1.807) is 35.5 Å². The zero-order valence-corrected chi connectivity index (χ0v) is 14.8. The number of hydrogen-bond acceptors (Lipinski definition) is 5. The largest absolute Gasteiger partial charge is 0.338 e. The Morgan fingerprint density at radius 1 is 1.04 bits per heavy atom. The number of fused-ring (bicyclic) bond motifs is 1. The summed E-state index contributed by atoms with van der Waals surface area (Å²) in [7, 11) is 0. The molecule has 4 rings (SSSR count). The predicted octanol–water partition coefficient (Wildman–Crippen LogP) is 1.24. The lowest BCUT2D eigenvalue weighted by Gasteiger charge is -2.36. The van der Waals surface area contributed by atoms with E-state index in [1.807, 2.05) is 4.90 Å². The predicted molar refractivity (Wildman–Crippen MR) is 97.9 cm³/mol. The molecule has 140 valence electrons. The molecule has 0 N–H and O–H groups in total. The molecule has 7 nitrogen and oxygen atoms in total. The van der Waals surface area contributed by atoms with Crippen molar-refractivity contribution in [2.24, 2.45) is 0 Å². The lowest BCUT2D eigenvalue weighted by atomic mass is 10.0. The van der Waals surface area contributed by atoms with Crippen LogP contribution in [0.5, 0.6) is 0 Å². The van der Waals surface area contributed by atoms with Gasteiger partial charge in [0, 0.05) is 45.0 Å². The van der Waals surface area contributed by atoms with Crippen molar-refractivity contribution in [3.8, 4) is 0 Å². The highest BCUT2D eigenvalue weighted by atomic mass is 19.1. The second-order valence-corrected chi connectivity index (χ2v) is 6.64. The van der Waals surface area contributed by atoms with Crippen LogP contribution in [0.25, 0.3) is 0 Å². The molecule has 8 heteroatoms. The Morgan fingerprint density at radius 2 is 1.78 bits per heavy atom. The van der Waals surface area contributed by atoms with Crippen molar-refractivity contribution in [3.05, 3.63) is 48.0 Å². The van der Waals surface area contributed by atoms with Crippen LogP contribution >= 0.6 is 0 Å². The summed E-state index contributed by atoms with van der Waals surface area (Å²) in [6.45, 7) is 2.14. The molecule has 0 saturated carbocycles. The first-order chi connectivity index (χ1) is 13.1. The summed E-state index contributed by atoms with van der Waals surface area (Å²) in [6, 6.07) is 6.53. The molecule has 0 unspecified atom stereocenters. The normalized spacial score (nSPS) is 17.1. The molecule has 1 saturated heterocycles. The summed E-state index contributed by atoms with van der Waals surface area (Å²) in [5.41, 5.74) is 1.02. The van der Waals surface area contributed by atoms with Crippen molar-refractivity contribution in [2.75, 3.05) is 42.5 Å². The highest BCUT2D eigenvalue weighted by molar-refractivity contribution is 6.01. The summed E-state index contributed by atoms with van der Waals surface area (Å²) >= 11 is 0. The van der Waals surface area contributed by atoms with Crippen LogP contribution in [0, 0.1) is 5.82 Å². The number of hydrogen-bond donors (Lipinski definition) is 0. The van der Waals surface area contributed by atoms with Crippen LogP contribution in [0.4, 0.5) is 16.0 Å². The van der Waals surface area contributed by atoms with Gasteiger partial charge in [-0.15, -0.1) is 0 Å². The van der Waals surface area contributed by atoms with E-state index >= 15 is 0 Å². The molecule has 3 heterocycles. The Hall–Kier alpha value is -3.03. The fraction of sp³-hybridized carbons (Fsp3) is 0.368. The minimum atomic E-state index is -0.459. The molecule has 0 spiro atoms. The summed E-state index contributed by atoms with van der Waals surface area (Å²) < 4.78 is 14.3. The van der Waals surface area contributed by atoms with Crippen molar-refractivity contribution in [1.29, 1.82) is 0 Å². The maximum Gasteiger partial charge on any atom is 0.242 e. The summed E-state index contributed by atoms with van der Waals surface area (Å²) in [5, 5.41) is 0. The van der Waals surface area contributed by atoms with Gasteiger partial charge in [-0.2, -0.15) is 0 Å². The Kier molecular flexibility index (Phi) is 4.70. The zero-order valence-electron chi connectivity index (χ0n) is 14.8. The van der Waals surface area contributed by atoms with Gasteiger partial charge in [0.2, 0.25) is 17.8 Å². The maximum atomic E-state index is 14.3. The van der Waals surface area contributed by atoms with E-state index in [0.717, 1.165) is 5.56 Å². The lowest BCUT2D eigenvalue weighted by molar-refractivity contribution is -0.131. The van der Waals surface area contributed by atoms with Gasteiger partial charge in [-0.05, 0) is 24.1 Å². The third kappa shape index (κ3) is 3.47. The average molecular weight is 369 g/mol. The second kappa shape index (κ2) is 7.30. The van der Waals surface area contributed by atoms with E-state index in [0.29, 0.717) is 45.0 Å². The number of benzene rings is 1. The average Bonchev–Trinajstić information content (AvgIpc) is 2.71. The molecule has 0 bridgehead atoms. The van der Waals surface area contributed by atoms with Crippen LogP contribution in [0.1, 0.15) is 12.0 Å². The number of aryl methyl sites for hydroxylation is 1. The summed E-state index contributed by atoms with van der Waals surface area (Å²) in [6.07, 6.45) is 4.18. The molecule has 27 heavy (non-hydrogen) atoms. The van der Waals surface area contributed by atoms with E-state index in [4.69, 9.17) is 0 Å². The van der Waals surface area contributed by atoms with Crippen molar-refractivity contribution in [1.82, 2.24) is 14.9 Å². The van der Waals surface area contributed by atoms with Gasteiger partial charge in [-0.25, -0.2) is 14.4 Å². The third-order valence-electron chi connectivity index (χ3n) is 5.01. The molecule has 0 aliphatic carbocycles. The topological polar surface area (TPSA) is 69.6 Å². The highest BCUT2D eigenvalue weighted by Gasteiger charge is 2.31. The van der Waals surface area contributed by atoms with Crippen LogP contribution in [0.15, 0.2) is 36.7 Å². The Balaban J connectivity index is 1.43. The Bertz CT molecular complexity index is 852. The number of amides is 2. The van der Waals surface area contributed by atoms with Crippen molar-refractivity contribution in [2.45, 2.75) is 12.8 Å². The van der Waals surface area contributed by atoms with Crippen LogP contribution < -0.4 is 9.80 Å². The van der Waals surface area contributed by atoms with Gasteiger partial charge in [-0.3, -0.25) is 14.5 Å². The van der Waals surface area contributed by atoms with E-state index in [9.17, 15) is 14.0 Å². The molecular formula is C19H20FN5O2. The standard InChI is InChI=1S/C19H20FN5O2/c20-15-4-1-3-14-5-6-16(26)25(18(14)15)13-17(27)23-9-11-24(12-10-23)19-21-7-2-8-22-19/h1-4,7-8H,5-6,9-13H2. The monoisotopic (exact) mass is 369 g/mol. The van der Waals surface area contributed by atoms with Crippen LogP contribution in [-0.4, -0.2) is 59.4 Å². The van der Waals surface area contributed by atoms with E-state index < -0.39 is 5.82 Å². The minimum absolute atomic E-state index is 0.130. The first kappa shape index (κ1) is 17.4. The van der Waals surface area contributed by atoms with Crippen LogP contribution in [0.2, 0.25) is 0 Å². The Labute approximate surface area is 156 Å². The number of para-hydroxylation sites is 1. The Morgan fingerprint density at radius 3 is 2.52 bits per heavy atom. The van der Waals surface area contributed by atoms with E-state index in [1.165, 1.54) is 11.0 Å². The van der Waals surface area contributed by atoms with Crippen LogP contribution in [0.3, 0.4) is 0 Å². The number of carbonyl (C=O) groups is 2. The van der Waals surface area contributed by atoms with E-state index in [2.05, 4.69) is 9.97 Å². The summed E-state index contributed by atoms with van der Waals surface area (Å²) in [4.78, 5) is 38.5. The quantitative estimate of drug-likeness (QED) is 0.814. The van der Waals surface area contributed by atoms with Gasteiger partial charge >= 0.3 is 0 Å². The van der Waals surface area contributed by atoms with Gasteiger partial charge in [-0.1, -0.05) is 12.1 Å². The fourth-order valence-electron chi connectivity index (χ4n) is 3.58. The number of piperazine rings is 1. The molecule has 2 aliphatic heterocycles. The first-order valence-electron chi connectivity index (χ1n) is 9.01. The summed E-state index contributed by atoms with van der Waals surface area (Å²) in [5.74, 6) is -0.198. The van der Waals surface area contributed by atoms with Crippen molar-refractivity contribution < 1.29 is 14.0 Å². The lowest BCUT2D eigenvalue weighted by Crippen LogP contribution is -2.52. The number of carbonyl (C=O) groups excluding carboxylic acids is 2. The SMILES string of the molecule is O=C(CN1C(=O)CCc2cccc(F)c21)N1CCN(c2ncccn2)CC1. The molecule has 1 aromatic carbocycles. The molecule has 1 aromatic heterocycles. The smallest absolute Gasteiger partial charge is 0.242 e. The number of rotatable bonds is 3. The molecule has 2 aromatic rings. The maximum absolute atomic E-state index is 14.3. The van der Waals surface area contributed by atoms with Gasteiger partial charge < -0.3 is 9.80 Å². The molecule has 2 aliphatic rings. The second-order valence-electron chi connectivity index (χ2n) is 6.64. The third-order valence-corrected chi connectivity index (χ3v) is 5.01. The van der Waals surface area contributed by atoms with Gasteiger partial charge in [0.05, 0.1) is 5.69 Å². The number of halogens is 1. The van der Waals surface area contributed by atoms with Gasteiger partial charge in [0.15, 0.2) is 0 Å². The van der Waals surface area contributed by atoms with Gasteiger partial charge in [0.25, 0.3) is 0 Å². The zero-order chi connectivity index (χ0) is 18.8. The molecule has 2 amide bonds. The molecule has 0 atom stereocenters. The minimum Gasteiger partial charge on any atom is -0.338 e. The van der Waals surface area contributed by atoms with Crippen molar-refractivity contribution in [3.63, 3.8) is 0 Å². The first-order valence-corrected chi connectivity index (χ1v) is 9.01. The van der Waals surface area contributed by atoms with Gasteiger partial charge in [0.1, 0.15) is 12.4 Å². The highest BCUT2D eigenvalue weighted by Crippen LogP contribution is 2.30. The van der Waals surface area contributed by atoms with Crippen LogP contribution in [-0.2, 0) is 16.0 Å². The number of nitrogens with zero attached hydrogens (tertiary/aromatic N) is 5. The number of aromatic nitrogens is 2. The fourth-order valence-corrected chi connectivity index (χ4v) is 3.58. The molecule has 0 radical (unpaired) electrons.